The van der Waals surface area contributed by atoms with Crippen LogP contribution in [0.15, 0.2) is 21.6 Å². The maximum absolute atomic E-state index is 12.7. The molecule has 8 nitrogen and oxygen atoms in total. The zero-order valence-corrected chi connectivity index (χ0v) is 15.4. The van der Waals surface area contributed by atoms with E-state index in [0.29, 0.717) is 12.8 Å². The fourth-order valence-corrected chi connectivity index (χ4v) is 4.37. The van der Waals surface area contributed by atoms with Gasteiger partial charge < -0.3 is 14.8 Å². The molecule has 1 amide bonds. The van der Waals surface area contributed by atoms with E-state index >= 15 is 0 Å². The first kappa shape index (κ1) is 19.5. The first-order chi connectivity index (χ1) is 11.7. The van der Waals surface area contributed by atoms with Crippen LogP contribution < -0.4 is 5.32 Å². The van der Waals surface area contributed by atoms with Gasteiger partial charge in [-0.05, 0) is 37.8 Å². The summed E-state index contributed by atoms with van der Waals surface area (Å²) in [5.41, 5.74) is 0. The second kappa shape index (κ2) is 7.57. The minimum Gasteiger partial charge on any atom is -0.475 e. The van der Waals surface area contributed by atoms with E-state index in [2.05, 4.69) is 5.32 Å². The highest BCUT2D eigenvalue weighted by atomic mass is 32.2. The van der Waals surface area contributed by atoms with E-state index in [1.165, 1.54) is 0 Å². The molecule has 3 atom stereocenters. The third kappa shape index (κ3) is 4.04. The van der Waals surface area contributed by atoms with Crippen LogP contribution in [-0.2, 0) is 14.8 Å². The number of amides is 1. The summed E-state index contributed by atoms with van der Waals surface area (Å²) in [7, 11) is -4.06. The molecule has 0 radical (unpaired) electrons. The average Bonchev–Trinajstić information content (AvgIpc) is 3.23. The molecule has 1 aromatic heterocycles. The summed E-state index contributed by atoms with van der Waals surface area (Å²) in [5.74, 6) is -1.86. The van der Waals surface area contributed by atoms with Crippen LogP contribution in [0, 0.1) is 5.92 Å². The molecule has 0 saturated carbocycles. The monoisotopic (exact) mass is 372 g/mol. The van der Waals surface area contributed by atoms with Gasteiger partial charge in [0.25, 0.3) is 10.0 Å². The van der Waals surface area contributed by atoms with Crippen LogP contribution in [-0.4, -0.2) is 48.3 Å². The minimum absolute atomic E-state index is 0.0649. The van der Waals surface area contributed by atoms with Crippen molar-refractivity contribution in [2.24, 2.45) is 5.92 Å². The number of nitrogens with zero attached hydrogens (tertiary/aromatic N) is 1. The molecule has 9 heteroatoms. The molecule has 1 saturated heterocycles. The molecule has 2 rings (SSSR count). The van der Waals surface area contributed by atoms with Crippen LogP contribution in [0.5, 0.6) is 0 Å². The quantitative estimate of drug-likeness (QED) is 0.752. The summed E-state index contributed by atoms with van der Waals surface area (Å²) in [6.07, 6.45) is 1.88. The van der Waals surface area contributed by atoms with Crippen molar-refractivity contribution in [1.29, 1.82) is 0 Å². The first-order valence-corrected chi connectivity index (χ1v) is 9.77. The Hall–Kier alpha value is -1.87. The molecular formula is C16H24N2O6S. The van der Waals surface area contributed by atoms with E-state index in [4.69, 9.17) is 9.52 Å². The third-order valence-corrected chi connectivity index (χ3v) is 6.51. The fourth-order valence-electron chi connectivity index (χ4n) is 2.80. The van der Waals surface area contributed by atoms with Gasteiger partial charge in [-0.25, -0.2) is 13.2 Å². The largest absolute Gasteiger partial charge is 0.475 e. The lowest BCUT2D eigenvalue weighted by Crippen LogP contribution is -2.49. The lowest BCUT2D eigenvalue weighted by Gasteiger charge is -2.26. The summed E-state index contributed by atoms with van der Waals surface area (Å²) < 4.78 is 31.5. The van der Waals surface area contributed by atoms with Gasteiger partial charge in [0.05, 0.1) is 0 Å². The predicted octanol–water partition coefficient (Wildman–Crippen LogP) is 1.68. The number of rotatable bonds is 7. The van der Waals surface area contributed by atoms with Crippen molar-refractivity contribution >= 4 is 21.9 Å². The summed E-state index contributed by atoms with van der Waals surface area (Å²) in [4.78, 5) is 23.4. The highest BCUT2D eigenvalue weighted by molar-refractivity contribution is 7.89. The summed E-state index contributed by atoms with van der Waals surface area (Å²) >= 11 is 0. The molecule has 0 aromatic carbocycles. The van der Waals surface area contributed by atoms with Crippen molar-refractivity contribution in [2.45, 2.75) is 57.2 Å². The second-order valence-corrected chi connectivity index (χ2v) is 8.20. The van der Waals surface area contributed by atoms with Gasteiger partial charge in [0.15, 0.2) is 0 Å². The predicted molar refractivity (Wildman–Crippen MR) is 89.6 cm³/mol. The topological polar surface area (TPSA) is 117 Å². The minimum atomic E-state index is -4.06. The Balaban J connectivity index is 2.19. The molecule has 0 bridgehead atoms. The van der Waals surface area contributed by atoms with Crippen LogP contribution in [0.4, 0.5) is 0 Å². The maximum atomic E-state index is 12.7. The van der Waals surface area contributed by atoms with E-state index in [-0.39, 0.29) is 24.4 Å². The van der Waals surface area contributed by atoms with Crippen LogP contribution in [0.2, 0.25) is 0 Å². The van der Waals surface area contributed by atoms with E-state index in [1.807, 2.05) is 20.8 Å². The molecule has 1 aliphatic rings. The number of carbonyl (C=O) groups excluding carboxylic acids is 1. The van der Waals surface area contributed by atoms with Gasteiger partial charge in [-0.1, -0.05) is 20.3 Å². The molecule has 1 fully saturated rings. The number of carbonyl (C=O) groups is 2. The van der Waals surface area contributed by atoms with Gasteiger partial charge in [0.1, 0.15) is 6.04 Å². The Morgan fingerprint density at radius 2 is 2.08 bits per heavy atom. The van der Waals surface area contributed by atoms with Crippen molar-refractivity contribution in [2.75, 3.05) is 6.54 Å². The molecule has 1 aliphatic heterocycles. The van der Waals surface area contributed by atoms with Gasteiger partial charge in [0, 0.05) is 12.6 Å². The van der Waals surface area contributed by atoms with E-state index < -0.39 is 32.9 Å². The average molecular weight is 372 g/mol. The van der Waals surface area contributed by atoms with E-state index in [1.54, 1.807) is 0 Å². The summed E-state index contributed by atoms with van der Waals surface area (Å²) in [5, 5.41) is 11.3. The van der Waals surface area contributed by atoms with Gasteiger partial charge in [-0.3, -0.25) is 4.79 Å². The number of nitrogens with one attached hydrogen (secondary N) is 1. The van der Waals surface area contributed by atoms with Crippen molar-refractivity contribution in [1.82, 2.24) is 9.62 Å². The third-order valence-electron chi connectivity index (χ3n) is 4.73. The standard InChI is InChI=1S/C16H24N2O6S/c1-4-10(2)11(3)17-15(19)12-6-5-9-18(12)25(22,23)14-8-7-13(24-14)16(20)21/h7-8,10-12H,4-6,9H2,1-3H3,(H,17,19)(H,20,21). The Labute approximate surface area is 147 Å². The zero-order valence-electron chi connectivity index (χ0n) is 14.6. The maximum Gasteiger partial charge on any atom is 0.371 e. The molecule has 1 aromatic rings. The molecule has 25 heavy (non-hydrogen) atoms. The molecule has 2 N–H and O–H groups in total. The summed E-state index contributed by atoms with van der Waals surface area (Å²) in [6, 6.07) is 1.32. The number of carboxylic acids is 1. The Kier molecular flexibility index (Phi) is 5.89. The SMILES string of the molecule is CCC(C)C(C)NC(=O)C1CCCN1S(=O)(=O)c1ccc(C(=O)O)o1. The van der Waals surface area contributed by atoms with Gasteiger partial charge in [0.2, 0.25) is 16.8 Å². The number of hydrogen-bond acceptors (Lipinski definition) is 5. The Bertz CT molecular complexity index is 742. The van der Waals surface area contributed by atoms with Crippen LogP contribution >= 0.6 is 0 Å². The Morgan fingerprint density at radius 1 is 1.40 bits per heavy atom. The van der Waals surface area contributed by atoms with Crippen LogP contribution in [0.1, 0.15) is 50.6 Å². The number of sulfonamides is 1. The summed E-state index contributed by atoms with van der Waals surface area (Å²) in [6.45, 7) is 6.13. The van der Waals surface area contributed by atoms with E-state index in [0.717, 1.165) is 22.9 Å². The molecule has 0 aliphatic carbocycles. The number of carboxylic acid groups (broad SMARTS) is 1. The van der Waals surface area contributed by atoms with Gasteiger partial charge in [-0.2, -0.15) is 4.31 Å². The van der Waals surface area contributed by atoms with Crippen molar-refractivity contribution in [3.8, 4) is 0 Å². The normalized spacial score (nSPS) is 21.0. The Morgan fingerprint density at radius 3 is 2.64 bits per heavy atom. The zero-order chi connectivity index (χ0) is 18.8. The molecule has 140 valence electrons. The molecular weight excluding hydrogens is 348 g/mol. The van der Waals surface area contributed by atoms with Gasteiger partial charge in [-0.15, -0.1) is 0 Å². The van der Waals surface area contributed by atoms with E-state index in [9.17, 15) is 18.0 Å². The van der Waals surface area contributed by atoms with Crippen molar-refractivity contribution in [3.05, 3.63) is 17.9 Å². The first-order valence-electron chi connectivity index (χ1n) is 8.33. The number of furan rings is 1. The smallest absolute Gasteiger partial charge is 0.371 e. The second-order valence-electron chi connectivity index (χ2n) is 6.38. The van der Waals surface area contributed by atoms with Crippen molar-refractivity contribution < 1.29 is 27.5 Å². The lowest BCUT2D eigenvalue weighted by molar-refractivity contribution is -0.125. The van der Waals surface area contributed by atoms with Crippen molar-refractivity contribution in [3.63, 3.8) is 0 Å². The van der Waals surface area contributed by atoms with Crippen LogP contribution in [0.25, 0.3) is 0 Å². The lowest BCUT2D eigenvalue weighted by atomic mass is 10.0. The number of hydrogen-bond donors (Lipinski definition) is 2. The highest BCUT2D eigenvalue weighted by Crippen LogP contribution is 2.27. The van der Waals surface area contributed by atoms with Crippen LogP contribution in [0.3, 0.4) is 0 Å². The fraction of sp³-hybridized carbons (Fsp3) is 0.625. The molecule has 0 spiro atoms. The number of aromatic carboxylic acids is 1. The molecule has 3 unspecified atom stereocenters. The molecule has 2 heterocycles. The highest BCUT2D eigenvalue weighted by Gasteiger charge is 2.41. The van der Waals surface area contributed by atoms with Gasteiger partial charge >= 0.3 is 5.97 Å².